The van der Waals surface area contributed by atoms with Crippen molar-refractivity contribution >= 4 is 40.7 Å². The maximum Gasteiger partial charge on any atom is 0.268 e. The van der Waals surface area contributed by atoms with Crippen molar-refractivity contribution in [3.05, 3.63) is 34.1 Å². The summed E-state index contributed by atoms with van der Waals surface area (Å²) in [4.78, 5) is 43.0. The van der Waals surface area contributed by atoms with Crippen LogP contribution in [0.3, 0.4) is 0 Å². The lowest BCUT2D eigenvalue weighted by Gasteiger charge is -2.24. The molecule has 0 aromatic heterocycles. The highest BCUT2D eigenvalue weighted by molar-refractivity contribution is 6.34. The molecule has 1 aliphatic rings. The minimum atomic E-state index is -0.807. The average molecular weight is 412 g/mol. The Kier molecular flexibility index (Phi) is 6.79. The van der Waals surface area contributed by atoms with Gasteiger partial charge in [-0.05, 0) is 39.8 Å². The van der Waals surface area contributed by atoms with Crippen LogP contribution >= 0.6 is 11.6 Å². The van der Waals surface area contributed by atoms with E-state index in [2.05, 4.69) is 5.32 Å². The van der Waals surface area contributed by atoms with Crippen molar-refractivity contribution in [2.24, 2.45) is 0 Å². The highest BCUT2D eigenvalue weighted by Crippen LogP contribution is 2.35. The van der Waals surface area contributed by atoms with E-state index in [1.807, 2.05) is 0 Å². The van der Waals surface area contributed by atoms with Crippen LogP contribution in [-0.4, -0.2) is 42.5 Å². The van der Waals surface area contributed by atoms with Gasteiger partial charge in [-0.15, -0.1) is 0 Å². The van der Waals surface area contributed by atoms with E-state index in [9.17, 15) is 18.8 Å². The molecule has 0 spiro atoms. The fourth-order valence-corrected chi connectivity index (χ4v) is 3.10. The first-order valence-corrected chi connectivity index (χ1v) is 9.14. The van der Waals surface area contributed by atoms with Gasteiger partial charge in [0, 0.05) is 12.1 Å². The zero-order valence-corrected chi connectivity index (χ0v) is 17.2. The number of likely N-dealkylation sites (N-methyl/N-ethyl adjacent to an activating group) is 1. The van der Waals surface area contributed by atoms with Crippen molar-refractivity contribution in [1.29, 1.82) is 0 Å². The number of amides is 3. The normalized spacial score (nSPS) is 15.1. The molecule has 1 aromatic rings. The molecule has 0 aliphatic carbocycles. The van der Waals surface area contributed by atoms with Crippen LogP contribution in [0.1, 0.15) is 34.1 Å². The van der Waals surface area contributed by atoms with Crippen LogP contribution in [0.25, 0.3) is 0 Å². The highest BCUT2D eigenvalue weighted by Gasteiger charge is 2.37. The molecule has 0 radical (unpaired) electrons. The van der Waals surface area contributed by atoms with Gasteiger partial charge in [-0.2, -0.15) is 0 Å². The quantitative estimate of drug-likeness (QED) is 0.441. The van der Waals surface area contributed by atoms with Gasteiger partial charge in [0.25, 0.3) is 11.8 Å². The van der Waals surface area contributed by atoms with Gasteiger partial charge in [-0.3, -0.25) is 19.2 Å². The van der Waals surface area contributed by atoms with Crippen molar-refractivity contribution in [3.63, 3.8) is 0 Å². The molecular weight excluding hydrogens is 389 g/mol. The Morgan fingerprint density at radius 2 is 2.04 bits per heavy atom. The first-order valence-electron chi connectivity index (χ1n) is 8.77. The average Bonchev–Trinajstić information content (AvgIpc) is 2.93. The minimum absolute atomic E-state index is 0.0166. The van der Waals surface area contributed by atoms with Crippen molar-refractivity contribution in [1.82, 2.24) is 5.06 Å². The molecule has 1 fully saturated rings. The number of nitrogens with one attached hydrogen (secondary N) is 1. The number of nitrogens with zero attached hydrogens (tertiary/aromatic N) is 2. The zero-order valence-electron chi connectivity index (χ0n) is 16.4. The van der Waals surface area contributed by atoms with Crippen LogP contribution < -0.4 is 10.2 Å². The second-order valence-corrected chi connectivity index (χ2v) is 6.96. The summed E-state index contributed by atoms with van der Waals surface area (Å²) in [5.74, 6) is -2.24. The molecule has 1 atom stereocenters. The zero-order chi connectivity index (χ0) is 21.2. The lowest BCUT2D eigenvalue weighted by Crippen LogP contribution is -2.40. The Morgan fingerprint density at radius 3 is 2.54 bits per heavy atom. The molecule has 1 heterocycles. The van der Waals surface area contributed by atoms with E-state index in [0.717, 1.165) is 16.0 Å². The predicted molar refractivity (Wildman–Crippen MR) is 104 cm³/mol. The molecule has 2 rings (SSSR count). The molecule has 3 amide bonds. The van der Waals surface area contributed by atoms with Gasteiger partial charge in [0.15, 0.2) is 0 Å². The topological polar surface area (TPSA) is 79.0 Å². The van der Waals surface area contributed by atoms with Crippen LogP contribution in [-0.2, 0) is 19.2 Å². The van der Waals surface area contributed by atoms with Crippen LogP contribution in [0.4, 0.5) is 15.8 Å². The molecule has 1 aromatic carbocycles. The van der Waals surface area contributed by atoms with Crippen molar-refractivity contribution in [2.75, 3.05) is 23.9 Å². The molecule has 9 heteroatoms. The third-order valence-corrected chi connectivity index (χ3v) is 4.73. The first-order chi connectivity index (χ1) is 13.1. The molecule has 1 N–H and O–H groups in total. The van der Waals surface area contributed by atoms with Gasteiger partial charge in [-0.25, -0.2) is 14.4 Å². The number of carbonyl (C=O) groups excluding carboxylic acids is 3. The number of hydrogen-bond donors (Lipinski definition) is 1. The Labute approximate surface area is 168 Å². The standard InChI is InChI=1S/C19H23ClFN3O4/c1-6-23(28-5)18(26)11(4)22-15-9-16(14(21)8-13(15)20)24-17(25)7-12(10(2)3)19(24)27/h8-9,11,22H,6-7H2,1-5H3. The second kappa shape index (κ2) is 8.70. The fraction of sp³-hybridized carbons (Fsp3) is 0.421. The van der Waals surface area contributed by atoms with Crippen molar-refractivity contribution in [2.45, 2.75) is 40.2 Å². The van der Waals surface area contributed by atoms with E-state index >= 15 is 0 Å². The van der Waals surface area contributed by atoms with Crippen LogP contribution in [0.2, 0.25) is 5.02 Å². The third kappa shape index (κ3) is 4.18. The maximum absolute atomic E-state index is 14.5. The molecule has 1 saturated heterocycles. The van der Waals surface area contributed by atoms with Gasteiger partial charge < -0.3 is 5.32 Å². The number of anilines is 2. The summed E-state index contributed by atoms with van der Waals surface area (Å²) in [6.07, 6.45) is -0.0832. The number of hydroxylamine groups is 2. The summed E-state index contributed by atoms with van der Waals surface area (Å²) in [6, 6.07) is 1.52. The molecule has 1 unspecified atom stereocenters. The lowest BCUT2D eigenvalue weighted by atomic mass is 10.1. The Morgan fingerprint density at radius 1 is 1.39 bits per heavy atom. The molecule has 0 bridgehead atoms. The van der Waals surface area contributed by atoms with E-state index in [1.54, 1.807) is 27.7 Å². The smallest absolute Gasteiger partial charge is 0.268 e. The first kappa shape index (κ1) is 21.8. The molecule has 152 valence electrons. The van der Waals surface area contributed by atoms with Crippen molar-refractivity contribution < 1.29 is 23.6 Å². The monoisotopic (exact) mass is 411 g/mol. The van der Waals surface area contributed by atoms with Gasteiger partial charge in [0.05, 0.1) is 29.9 Å². The number of halogens is 2. The summed E-state index contributed by atoms with van der Waals surface area (Å²) >= 11 is 6.10. The molecule has 0 saturated carbocycles. The Bertz CT molecular complexity index is 848. The van der Waals surface area contributed by atoms with Crippen LogP contribution in [0.5, 0.6) is 0 Å². The summed E-state index contributed by atoms with van der Waals surface area (Å²) in [5, 5.41) is 4.06. The Hall–Kier alpha value is -2.45. The number of carbonyl (C=O) groups is 3. The molecule has 28 heavy (non-hydrogen) atoms. The van der Waals surface area contributed by atoms with Gasteiger partial charge in [0.2, 0.25) is 5.91 Å². The van der Waals surface area contributed by atoms with E-state index < -0.39 is 23.7 Å². The number of benzene rings is 1. The maximum atomic E-state index is 14.5. The third-order valence-electron chi connectivity index (χ3n) is 4.42. The number of allylic oxidation sites excluding steroid dienone is 1. The van der Waals surface area contributed by atoms with E-state index in [1.165, 1.54) is 13.2 Å². The fourth-order valence-electron chi connectivity index (χ4n) is 2.89. The van der Waals surface area contributed by atoms with Crippen molar-refractivity contribution in [3.8, 4) is 0 Å². The summed E-state index contributed by atoms with van der Waals surface area (Å²) in [5.41, 5.74) is 1.05. The molecular formula is C19H23ClFN3O4. The summed E-state index contributed by atoms with van der Waals surface area (Å²) in [6.45, 7) is 7.13. The summed E-state index contributed by atoms with van der Waals surface area (Å²) < 4.78 is 14.5. The second-order valence-electron chi connectivity index (χ2n) is 6.55. The van der Waals surface area contributed by atoms with Crippen LogP contribution in [0.15, 0.2) is 23.3 Å². The van der Waals surface area contributed by atoms with Crippen LogP contribution in [0, 0.1) is 5.82 Å². The van der Waals surface area contributed by atoms with Gasteiger partial charge in [-0.1, -0.05) is 17.2 Å². The Balaban J connectivity index is 2.38. The number of imide groups is 1. The largest absolute Gasteiger partial charge is 0.373 e. The number of rotatable bonds is 6. The van der Waals surface area contributed by atoms with E-state index in [4.69, 9.17) is 16.4 Å². The highest BCUT2D eigenvalue weighted by atomic mass is 35.5. The predicted octanol–water partition coefficient (Wildman–Crippen LogP) is 3.29. The van der Waals surface area contributed by atoms with E-state index in [0.29, 0.717) is 17.7 Å². The SMILES string of the molecule is CCN(OC)C(=O)C(C)Nc1cc(N2C(=O)CC(=C(C)C)C2=O)c(F)cc1Cl. The van der Waals surface area contributed by atoms with Gasteiger partial charge in [0.1, 0.15) is 11.9 Å². The lowest BCUT2D eigenvalue weighted by molar-refractivity contribution is -0.175. The molecule has 7 nitrogen and oxygen atoms in total. The molecule has 1 aliphatic heterocycles. The minimum Gasteiger partial charge on any atom is -0.373 e. The van der Waals surface area contributed by atoms with Gasteiger partial charge >= 0.3 is 0 Å². The number of hydrogen-bond acceptors (Lipinski definition) is 5. The summed E-state index contributed by atoms with van der Waals surface area (Å²) in [7, 11) is 1.38. The van der Waals surface area contributed by atoms with E-state index in [-0.39, 0.29) is 28.7 Å².